The van der Waals surface area contributed by atoms with Gasteiger partial charge in [0.15, 0.2) is 0 Å². The van der Waals surface area contributed by atoms with Crippen molar-refractivity contribution in [2.24, 2.45) is 5.92 Å². The molecule has 1 aliphatic rings. The molecule has 1 aliphatic heterocycles. The first-order valence-corrected chi connectivity index (χ1v) is 6.46. The monoisotopic (exact) mass is 234 g/mol. The predicted octanol–water partition coefficient (Wildman–Crippen LogP) is 1.44. The average Bonchev–Trinajstić information content (AvgIpc) is 2.38. The number of benzene rings is 1. The minimum atomic E-state index is 0.611. The van der Waals surface area contributed by atoms with Crippen molar-refractivity contribution in [1.29, 1.82) is 0 Å². The number of ether oxygens (including phenoxy) is 1. The van der Waals surface area contributed by atoms with Crippen molar-refractivity contribution in [2.75, 3.05) is 33.3 Å². The molecule has 0 saturated carbocycles. The normalized spacial score (nSPS) is 18.5. The van der Waals surface area contributed by atoms with E-state index in [1.165, 1.54) is 12.0 Å². The summed E-state index contributed by atoms with van der Waals surface area (Å²) in [5.74, 6) is 1.68. The highest BCUT2D eigenvalue weighted by molar-refractivity contribution is 5.35. The van der Waals surface area contributed by atoms with E-state index in [-0.39, 0.29) is 0 Å². The van der Waals surface area contributed by atoms with Crippen LogP contribution in [0.3, 0.4) is 0 Å². The fourth-order valence-electron chi connectivity index (χ4n) is 2.22. The van der Waals surface area contributed by atoms with E-state index in [1.807, 2.05) is 13.1 Å². The van der Waals surface area contributed by atoms with Gasteiger partial charge in [-0.25, -0.2) is 0 Å². The maximum absolute atomic E-state index is 5.76. The molecule has 0 saturated heterocycles. The molecule has 17 heavy (non-hydrogen) atoms. The Morgan fingerprint density at radius 3 is 3.06 bits per heavy atom. The lowest BCUT2D eigenvalue weighted by molar-refractivity contribution is 0.218. The lowest BCUT2D eigenvalue weighted by Gasteiger charge is -2.25. The zero-order valence-corrected chi connectivity index (χ0v) is 10.5. The molecule has 0 aliphatic carbocycles. The molecule has 94 valence electrons. The Morgan fingerprint density at radius 2 is 2.18 bits per heavy atom. The van der Waals surface area contributed by atoms with E-state index in [9.17, 15) is 0 Å². The summed E-state index contributed by atoms with van der Waals surface area (Å²) in [7, 11) is 1.99. The lowest BCUT2D eigenvalue weighted by atomic mass is 9.97. The first kappa shape index (κ1) is 12.4. The Morgan fingerprint density at radius 1 is 1.29 bits per heavy atom. The van der Waals surface area contributed by atoms with Crippen LogP contribution in [0.1, 0.15) is 12.0 Å². The second-order valence-electron chi connectivity index (χ2n) is 4.65. The number of fused-ring (bicyclic) bond motifs is 1. The van der Waals surface area contributed by atoms with Crippen LogP contribution in [0.15, 0.2) is 24.3 Å². The van der Waals surface area contributed by atoms with E-state index in [0.29, 0.717) is 5.92 Å². The third-order valence-corrected chi connectivity index (χ3v) is 3.17. The molecular weight excluding hydrogens is 212 g/mol. The van der Waals surface area contributed by atoms with E-state index in [0.717, 1.165) is 38.4 Å². The first-order chi connectivity index (χ1) is 8.40. The zero-order chi connectivity index (χ0) is 11.9. The Labute approximate surface area is 104 Å². The van der Waals surface area contributed by atoms with Gasteiger partial charge in [0.05, 0.1) is 6.61 Å². The Hall–Kier alpha value is -1.06. The van der Waals surface area contributed by atoms with Crippen molar-refractivity contribution < 1.29 is 4.74 Å². The minimum Gasteiger partial charge on any atom is -0.493 e. The third kappa shape index (κ3) is 3.72. The summed E-state index contributed by atoms with van der Waals surface area (Å²) < 4.78 is 5.76. The molecule has 1 aromatic carbocycles. The Kier molecular flexibility index (Phi) is 4.83. The Bertz CT molecular complexity index is 341. The van der Waals surface area contributed by atoms with Gasteiger partial charge in [-0.15, -0.1) is 0 Å². The highest BCUT2D eigenvalue weighted by atomic mass is 16.5. The SMILES string of the molecule is CNCCCNCC1COc2ccccc2C1. The molecule has 2 N–H and O–H groups in total. The van der Waals surface area contributed by atoms with Gasteiger partial charge in [-0.1, -0.05) is 18.2 Å². The van der Waals surface area contributed by atoms with Gasteiger partial charge in [0.1, 0.15) is 5.75 Å². The fraction of sp³-hybridized carbons (Fsp3) is 0.571. The second kappa shape index (κ2) is 6.62. The summed E-state index contributed by atoms with van der Waals surface area (Å²) in [5.41, 5.74) is 1.35. The van der Waals surface area contributed by atoms with E-state index in [4.69, 9.17) is 4.74 Å². The van der Waals surface area contributed by atoms with E-state index >= 15 is 0 Å². The molecule has 0 aromatic heterocycles. The van der Waals surface area contributed by atoms with Crippen LogP contribution in [0, 0.1) is 5.92 Å². The number of hydrogen-bond donors (Lipinski definition) is 2. The van der Waals surface area contributed by atoms with Gasteiger partial charge in [0.25, 0.3) is 0 Å². The highest BCUT2D eigenvalue weighted by Crippen LogP contribution is 2.26. The van der Waals surface area contributed by atoms with Gasteiger partial charge in [0.2, 0.25) is 0 Å². The predicted molar refractivity (Wildman–Crippen MR) is 70.5 cm³/mol. The van der Waals surface area contributed by atoms with Gasteiger partial charge in [-0.05, 0) is 44.6 Å². The van der Waals surface area contributed by atoms with Crippen LogP contribution in [0.4, 0.5) is 0 Å². The first-order valence-electron chi connectivity index (χ1n) is 6.46. The average molecular weight is 234 g/mol. The van der Waals surface area contributed by atoms with Crippen molar-refractivity contribution in [1.82, 2.24) is 10.6 Å². The molecule has 0 spiro atoms. The van der Waals surface area contributed by atoms with Crippen molar-refractivity contribution >= 4 is 0 Å². The summed E-state index contributed by atoms with van der Waals surface area (Å²) in [6.07, 6.45) is 2.32. The molecule has 0 amide bonds. The summed E-state index contributed by atoms with van der Waals surface area (Å²) in [5, 5.41) is 6.66. The van der Waals surface area contributed by atoms with Gasteiger partial charge in [-0.3, -0.25) is 0 Å². The molecule has 3 nitrogen and oxygen atoms in total. The van der Waals surface area contributed by atoms with Crippen LogP contribution in [0.25, 0.3) is 0 Å². The highest BCUT2D eigenvalue weighted by Gasteiger charge is 2.18. The smallest absolute Gasteiger partial charge is 0.122 e. The third-order valence-electron chi connectivity index (χ3n) is 3.17. The maximum Gasteiger partial charge on any atom is 0.122 e. The van der Waals surface area contributed by atoms with E-state index in [1.54, 1.807) is 0 Å². The lowest BCUT2D eigenvalue weighted by Crippen LogP contribution is -2.32. The molecule has 3 heteroatoms. The van der Waals surface area contributed by atoms with Crippen molar-refractivity contribution in [3.05, 3.63) is 29.8 Å². The van der Waals surface area contributed by atoms with Crippen LogP contribution >= 0.6 is 0 Å². The van der Waals surface area contributed by atoms with Crippen LogP contribution in [0.5, 0.6) is 5.75 Å². The Balaban J connectivity index is 1.71. The van der Waals surface area contributed by atoms with Crippen molar-refractivity contribution in [3.8, 4) is 5.75 Å². The molecular formula is C14H22N2O. The summed E-state index contributed by atoms with van der Waals surface area (Å²) in [6.45, 7) is 4.06. The molecule has 0 bridgehead atoms. The molecule has 2 rings (SSSR count). The van der Waals surface area contributed by atoms with Gasteiger partial charge >= 0.3 is 0 Å². The second-order valence-corrected chi connectivity index (χ2v) is 4.65. The molecule has 1 aromatic rings. The standard InChI is InChI=1S/C14H22N2O/c1-15-7-4-8-16-10-12-9-13-5-2-3-6-14(13)17-11-12/h2-3,5-6,12,15-16H,4,7-11H2,1H3. The van der Waals surface area contributed by atoms with Crippen molar-refractivity contribution in [2.45, 2.75) is 12.8 Å². The summed E-state index contributed by atoms with van der Waals surface area (Å²) in [4.78, 5) is 0. The number of nitrogens with one attached hydrogen (secondary N) is 2. The number of hydrogen-bond acceptors (Lipinski definition) is 3. The zero-order valence-electron chi connectivity index (χ0n) is 10.5. The maximum atomic E-state index is 5.76. The summed E-state index contributed by atoms with van der Waals surface area (Å²) >= 11 is 0. The topological polar surface area (TPSA) is 33.3 Å². The fourth-order valence-corrected chi connectivity index (χ4v) is 2.22. The van der Waals surface area contributed by atoms with Gasteiger partial charge in [-0.2, -0.15) is 0 Å². The van der Waals surface area contributed by atoms with Crippen molar-refractivity contribution in [3.63, 3.8) is 0 Å². The molecule has 0 fully saturated rings. The van der Waals surface area contributed by atoms with E-state index in [2.05, 4.69) is 28.8 Å². The molecule has 1 atom stereocenters. The van der Waals surface area contributed by atoms with Crippen LogP contribution in [-0.4, -0.2) is 33.3 Å². The molecule has 0 radical (unpaired) electrons. The van der Waals surface area contributed by atoms with Crippen LogP contribution in [0.2, 0.25) is 0 Å². The largest absolute Gasteiger partial charge is 0.493 e. The van der Waals surface area contributed by atoms with Gasteiger partial charge < -0.3 is 15.4 Å². The number of rotatable bonds is 6. The number of para-hydroxylation sites is 1. The van der Waals surface area contributed by atoms with Crippen LogP contribution in [-0.2, 0) is 6.42 Å². The minimum absolute atomic E-state index is 0.611. The van der Waals surface area contributed by atoms with E-state index < -0.39 is 0 Å². The summed E-state index contributed by atoms with van der Waals surface area (Å²) in [6, 6.07) is 8.36. The quantitative estimate of drug-likeness (QED) is 0.731. The van der Waals surface area contributed by atoms with Gasteiger partial charge in [0, 0.05) is 12.5 Å². The molecule has 1 heterocycles. The van der Waals surface area contributed by atoms with Crippen LogP contribution < -0.4 is 15.4 Å². The molecule has 1 unspecified atom stereocenters.